The molecule has 3 aliphatic heterocycles. The first-order chi connectivity index (χ1) is 23.9. The molecular weight excluding hydrogens is 784 g/mol. The second kappa shape index (κ2) is 13.6. The summed E-state index contributed by atoms with van der Waals surface area (Å²) in [6.07, 6.45) is -1.39. The van der Waals surface area contributed by atoms with E-state index in [1.165, 1.54) is 25.3 Å². The maximum Gasteiger partial charge on any atom is 0.386 e. The summed E-state index contributed by atoms with van der Waals surface area (Å²) in [5.41, 5.74) is 8.29. The second-order valence-electron chi connectivity index (χ2n) is 14.0. The minimum Gasteiger partial charge on any atom is -0.408 e. The van der Waals surface area contributed by atoms with E-state index in [1.54, 1.807) is 16.1 Å². The number of thiol groups is 1. The van der Waals surface area contributed by atoms with Gasteiger partial charge in [-0.3, -0.25) is 18.2 Å². The van der Waals surface area contributed by atoms with Crippen molar-refractivity contribution in [2.75, 3.05) is 18.9 Å². The van der Waals surface area contributed by atoms with E-state index in [2.05, 4.69) is 76.0 Å². The fraction of sp³-hybridized carbons (Fsp3) is 0.630. The maximum absolute atomic E-state index is 14.2. The molecule has 2 bridgehead atoms. The fourth-order valence-electron chi connectivity index (χ4n) is 5.93. The summed E-state index contributed by atoms with van der Waals surface area (Å²) in [4.78, 5) is 37.2. The standard InChI is InChI=1S/C27H38ClN9O9P2S2Si/c1-13-17-23(32-9-30-13)37(11-34-17)26-21-20(46-51(5,6)27(2,3)4)15(43-26)8-41-47(38,49)44-19-14(7-40-48(39,50)45-21)42-25(16(19)28)36-12-35-18-22(29)31-10-33-24(18)36/h9-12,14-16,19-21,25-26H,7-8H2,1-6H3,(H,38,49)(H,39,50)(H2,29,31,33)/t14-,15-,16-,19-,20?,21-,25-,26-,47?,48?/m1/s1. The number of alkyl halides is 1. The number of hydrogen-bond acceptors (Lipinski definition) is 16. The first-order valence-electron chi connectivity index (χ1n) is 15.9. The molecule has 0 aliphatic carbocycles. The van der Waals surface area contributed by atoms with Gasteiger partial charge < -0.3 is 33.6 Å². The molecular formula is C27H38ClN9O9P2S2Si. The zero-order valence-corrected chi connectivity index (χ0v) is 33.6. The Morgan fingerprint density at radius 1 is 0.961 bits per heavy atom. The van der Waals surface area contributed by atoms with Gasteiger partial charge in [-0.05, 0) is 36.9 Å². The first-order valence-corrected chi connectivity index (χ1v) is 24.5. The third-order valence-corrected chi connectivity index (χ3v) is 17.7. The van der Waals surface area contributed by atoms with Gasteiger partial charge in [0.25, 0.3) is 0 Å². The number of rotatable bonds is 4. The molecule has 10 atom stereocenters. The number of nitrogens with zero attached hydrogens (tertiary/aromatic N) is 8. The third-order valence-electron chi connectivity index (χ3n) is 9.58. The minimum atomic E-state index is -4.25. The molecule has 278 valence electrons. The molecule has 7 rings (SSSR count). The number of anilines is 1. The number of nitrogens with two attached hydrogens (primary N) is 1. The molecule has 0 aromatic carbocycles. The minimum absolute atomic E-state index is 0.162. The Morgan fingerprint density at radius 2 is 1.57 bits per heavy atom. The molecule has 0 radical (unpaired) electrons. The number of fused-ring (bicyclic) bond motifs is 5. The highest BCUT2D eigenvalue weighted by molar-refractivity contribution is 8.44. The molecule has 0 amide bonds. The molecule has 0 saturated carbocycles. The number of ether oxygens (including phenoxy) is 2. The molecule has 4 aromatic rings. The topological polar surface area (TPSA) is 215 Å². The van der Waals surface area contributed by atoms with Crippen molar-refractivity contribution < 1.29 is 41.5 Å². The summed E-state index contributed by atoms with van der Waals surface area (Å²) in [6.45, 7) is 3.15. The van der Waals surface area contributed by atoms with Gasteiger partial charge in [-0.15, -0.1) is 11.6 Å². The summed E-state index contributed by atoms with van der Waals surface area (Å²) >= 11 is 16.8. The van der Waals surface area contributed by atoms with E-state index in [0.29, 0.717) is 28.0 Å². The maximum atomic E-state index is 14.2. The zero-order valence-electron chi connectivity index (χ0n) is 28.3. The highest BCUT2D eigenvalue weighted by atomic mass is 35.5. The van der Waals surface area contributed by atoms with Crippen LogP contribution in [-0.4, -0.2) is 101 Å². The van der Waals surface area contributed by atoms with Gasteiger partial charge in [0.2, 0.25) is 0 Å². The SMILES string of the molecule is Cc1ncnc2c1ncn2[C@@H]1O[C@@H]2COP(O)(=S)O[C@H]3[C@@H](Cl)[C@H](n4cnc5c(N)ncnc54)O[C@@H]3COP(=O)(S)O[C@@H]1C2O[Si](C)(C)C(C)(C)C. The van der Waals surface area contributed by atoms with Crippen LogP contribution in [0.1, 0.15) is 38.9 Å². The number of imidazole rings is 2. The largest absolute Gasteiger partial charge is 0.408 e. The van der Waals surface area contributed by atoms with Gasteiger partial charge in [-0.1, -0.05) is 33.0 Å². The van der Waals surface area contributed by atoms with Crippen LogP contribution in [-0.2, 0) is 48.4 Å². The van der Waals surface area contributed by atoms with Crippen LogP contribution in [0.5, 0.6) is 0 Å². The third kappa shape index (κ3) is 7.16. The Morgan fingerprint density at radius 3 is 2.27 bits per heavy atom. The molecule has 3 aliphatic rings. The van der Waals surface area contributed by atoms with Gasteiger partial charge in [0.05, 0.1) is 31.6 Å². The molecule has 3 unspecified atom stereocenters. The quantitative estimate of drug-likeness (QED) is 0.112. The monoisotopic (exact) mass is 821 g/mol. The lowest BCUT2D eigenvalue weighted by atomic mass is 10.1. The van der Waals surface area contributed by atoms with Crippen LogP contribution in [0.2, 0.25) is 18.1 Å². The fourth-order valence-corrected chi connectivity index (χ4v) is 10.6. The van der Waals surface area contributed by atoms with E-state index in [1.807, 2.05) is 0 Å². The van der Waals surface area contributed by atoms with E-state index < -0.39 is 76.8 Å². The number of aryl methyl sites for hydroxylation is 1. The van der Waals surface area contributed by atoms with Crippen molar-refractivity contribution in [1.82, 2.24) is 39.0 Å². The summed E-state index contributed by atoms with van der Waals surface area (Å²) in [7, 11) is -2.57. The van der Waals surface area contributed by atoms with Crippen molar-refractivity contribution in [2.45, 2.75) is 94.2 Å². The molecule has 3 N–H and O–H groups in total. The van der Waals surface area contributed by atoms with E-state index in [0.717, 1.165) is 0 Å². The molecule has 7 heterocycles. The summed E-state index contributed by atoms with van der Waals surface area (Å²) in [6, 6.07) is 0. The molecule has 3 fully saturated rings. The van der Waals surface area contributed by atoms with Gasteiger partial charge in [0, 0.05) is 0 Å². The predicted molar refractivity (Wildman–Crippen MR) is 194 cm³/mol. The van der Waals surface area contributed by atoms with Crippen LogP contribution in [0.25, 0.3) is 22.3 Å². The lowest BCUT2D eigenvalue weighted by molar-refractivity contribution is -0.0581. The number of halogens is 1. The van der Waals surface area contributed by atoms with E-state index in [-0.39, 0.29) is 17.5 Å². The Hall–Kier alpha value is -1.68. The van der Waals surface area contributed by atoms with Crippen LogP contribution >= 0.6 is 37.4 Å². The predicted octanol–water partition coefficient (Wildman–Crippen LogP) is 4.42. The Kier molecular flexibility index (Phi) is 10.0. The van der Waals surface area contributed by atoms with Gasteiger partial charge in [0.15, 0.2) is 37.9 Å². The van der Waals surface area contributed by atoms with Crippen molar-refractivity contribution in [3.05, 3.63) is 31.0 Å². The highest BCUT2D eigenvalue weighted by Gasteiger charge is 2.55. The van der Waals surface area contributed by atoms with Gasteiger partial charge in [-0.2, -0.15) is 0 Å². The Bertz CT molecular complexity index is 2060. The average Bonchev–Trinajstić information content (AvgIpc) is 3.80. The molecule has 18 nitrogen and oxygen atoms in total. The van der Waals surface area contributed by atoms with Crippen LogP contribution in [0.3, 0.4) is 0 Å². The normalized spacial score (nSPS) is 35.4. The van der Waals surface area contributed by atoms with Crippen molar-refractivity contribution >= 4 is 85.6 Å². The van der Waals surface area contributed by atoms with Crippen LogP contribution in [0.15, 0.2) is 25.3 Å². The van der Waals surface area contributed by atoms with E-state index >= 15 is 0 Å². The Labute approximate surface area is 309 Å². The molecule has 4 aromatic heterocycles. The average molecular weight is 822 g/mol. The molecule has 0 spiro atoms. The lowest BCUT2D eigenvalue weighted by Crippen LogP contribution is -2.50. The van der Waals surface area contributed by atoms with Crippen molar-refractivity contribution in [1.29, 1.82) is 0 Å². The van der Waals surface area contributed by atoms with Gasteiger partial charge in [-0.25, -0.2) is 34.5 Å². The van der Waals surface area contributed by atoms with Crippen molar-refractivity contribution in [2.24, 2.45) is 0 Å². The van der Waals surface area contributed by atoms with Gasteiger partial charge in [0.1, 0.15) is 59.6 Å². The van der Waals surface area contributed by atoms with Crippen LogP contribution in [0, 0.1) is 6.92 Å². The van der Waals surface area contributed by atoms with Crippen LogP contribution in [0.4, 0.5) is 5.82 Å². The van der Waals surface area contributed by atoms with E-state index in [9.17, 15) is 9.46 Å². The van der Waals surface area contributed by atoms with Crippen molar-refractivity contribution in [3.63, 3.8) is 0 Å². The van der Waals surface area contributed by atoms with Gasteiger partial charge >= 0.3 is 13.5 Å². The Balaban J connectivity index is 1.25. The molecule has 24 heteroatoms. The molecule has 51 heavy (non-hydrogen) atoms. The summed E-state index contributed by atoms with van der Waals surface area (Å²) < 4.78 is 61.3. The van der Waals surface area contributed by atoms with Crippen LogP contribution < -0.4 is 5.73 Å². The van der Waals surface area contributed by atoms with E-state index in [4.69, 9.17) is 61.1 Å². The smallest absolute Gasteiger partial charge is 0.386 e. The second-order valence-corrected chi connectivity index (χ2v) is 24.9. The number of aromatic nitrogens is 8. The summed E-state index contributed by atoms with van der Waals surface area (Å²) in [5, 5.41) is -1.24. The highest BCUT2D eigenvalue weighted by Crippen LogP contribution is 2.59. The lowest BCUT2D eigenvalue weighted by Gasteiger charge is -2.40. The number of hydrogen-bond donors (Lipinski definition) is 3. The number of nitrogen functional groups attached to an aromatic ring is 1. The first kappa shape index (κ1) is 37.6. The summed E-state index contributed by atoms with van der Waals surface area (Å²) in [5.74, 6) is 0.162. The zero-order chi connectivity index (χ0) is 36.7. The van der Waals surface area contributed by atoms with Crippen molar-refractivity contribution in [3.8, 4) is 0 Å². The molecule has 3 saturated heterocycles.